The van der Waals surface area contributed by atoms with Gasteiger partial charge in [-0.2, -0.15) is 5.10 Å². The average Bonchev–Trinajstić information content (AvgIpc) is 3.38. The summed E-state index contributed by atoms with van der Waals surface area (Å²) in [5.74, 6) is 2.65. The fourth-order valence-electron chi connectivity index (χ4n) is 2.29. The van der Waals surface area contributed by atoms with Crippen molar-refractivity contribution in [2.75, 3.05) is 27.3 Å². The Hall–Kier alpha value is -2.94. The molecule has 0 atom stereocenters. The van der Waals surface area contributed by atoms with Crippen LogP contribution in [0.25, 0.3) is 0 Å². The van der Waals surface area contributed by atoms with Crippen LogP contribution in [0.3, 0.4) is 0 Å². The summed E-state index contributed by atoms with van der Waals surface area (Å²) in [5, 5.41) is 7.25. The number of nitrogens with one attached hydrogen (secondary N) is 1. The van der Waals surface area contributed by atoms with Crippen LogP contribution in [-0.4, -0.2) is 53.3 Å². The molecule has 2 heterocycles. The number of ether oxygens (including phenoxy) is 2. The largest absolute Gasteiger partial charge is 0.493 e. The van der Waals surface area contributed by atoms with Crippen LogP contribution in [0.4, 0.5) is 0 Å². The first-order valence-corrected chi connectivity index (χ1v) is 9.24. The molecule has 0 bridgehead atoms. The zero-order chi connectivity index (χ0) is 19.1. The molecule has 0 aliphatic carbocycles. The predicted octanol–water partition coefficient (Wildman–Crippen LogP) is 2.85. The van der Waals surface area contributed by atoms with Crippen molar-refractivity contribution < 1.29 is 18.7 Å². The van der Waals surface area contributed by atoms with Crippen molar-refractivity contribution in [2.24, 2.45) is 0 Å². The Kier molecular flexibility index (Phi) is 6.37. The number of H-pyrrole nitrogens is 1. The molecule has 142 valence electrons. The van der Waals surface area contributed by atoms with E-state index >= 15 is 0 Å². The number of hydrogen-bond acceptors (Lipinski definition) is 7. The molecule has 1 aromatic carbocycles. The van der Waals surface area contributed by atoms with Crippen molar-refractivity contribution in [3.8, 4) is 11.5 Å². The number of rotatable bonds is 9. The van der Waals surface area contributed by atoms with Crippen molar-refractivity contribution >= 4 is 17.7 Å². The molecule has 0 radical (unpaired) electrons. The first-order valence-electron chi connectivity index (χ1n) is 8.25. The van der Waals surface area contributed by atoms with E-state index in [1.165, 1.54) is 18.1 Å². The molecule has 0 saturated heterocycles. The molecule has 8 nitrogen and oxygen atoms in total. The minimum Gasteiger partial charge on any atom is -0.493 e. The zero-order valence-electron chi connectivity index (χ0n) is 15.0. The molecule has 27 heavy (non-hydrogen) atoms. The van der Waals surface area contributed by atoms with Gasteiger partial charge in [0.1, 0.15) is 18.7 Å². The number of aromatic amines is 1. The van der Waals surface area contributed by atoms with Gasteiger partial charge in [-0.25, -0.2) is 4.98 Å². The van der Waals surface area contributed by atoms with Crippen LogP contribution < -0.4 is 9.47 Å². The van der Waals surface area contributed by atoms with Gasteiger partial charge in [0, 0.05) is 7.05 Å². The first kappa shape index (κ1) is 18.8. The van der Waals surface area contributed by atoms with Gasteiger partial charge in [-0.15, -0.1) is 0 Å². The molecule has 0 saturated carbocycles. The Labute approximate surface area is 160 Å². The molecule has 3 rings (SSSR count). The lowest BCUT2D eigenvalue weighted by Gasteiger charge is -2.17. The summed E-state index contributed by atoms with van der Waals surface area (Å²) in [6, 6.07) is 10.9. The lowest BCUT2D eigenvalue weighted by molar-refractivity contribution is 0.0740. The van der Waals surface area contributed by atoms with Crippen LogP contribution >= 0.6 is 11.8 Å². The first-order chi connectivity index (χ1) is 13.2. The quantitative estimate of drug-likeness (QED) is 0.563. The third-order valence-electron chi connectivity index (χ3n) is 3.72. The smallest absolute Gasteiger partial charge is 0.289 e. The summed E-state index contributed by atoms with van der Waals surface area (Å²) in [6.07, 6.45) is 1.45. The van der Waals surface area contributed by atoms with Gasteiger partial charge < -0.3 is 18.8 Å². The van der Waals surface area contributed by atoms with Gasteiger partial charge in [0.25, 0.3) is 5.91 Å². The third kappa shape index (κ3) is 5.04. The number of carbonyl (C=O) groups is 1. The van der Waals surface area contributed by atoms with Crippen LogP contribution in [0.5, 0.6) is 11.5 Å². The summed E-state index contributed by atoms with van der Waals surface area (Å²) < 4.78 is 16.6. The standard InChI is InChI=1S/C18H20N4O4S/c1-22(9-10-25-15-6-4-3-5-14(15)24-2)17(23)16-8-7-13(26-16)11-27-18-19-12-20-21-18/h3-8,12H,9-11H2,1-2H3,(H,19,20,21). The number of thioether (sulfide) groups is 1. The number of aromatic nitrogens is 3. The number of likely N-dealkylation sites (N-methyl/N-ethyl adjacent to an activating group) is 1. The highest BCUT2D eigenvalue weighted by Crippen LogP contribution is 2.25. The van der Waals surface area contributed by atoms with Gasteiger partial charge >= 0.3 is 0 Å². The number of methoxy groups -OCH3 is 1. The van der Waals surface area contributed by atoms with Crippen LogP contribution in [0.2, 0.25) is 0 Å². The Morgan fingerprint density at radius 1 is 1.26 bits per heavy atom. The molecule has 1 amide bonds. The number of furan rings is 1. The normalized spacial score (nSPS) is 10.6. The van der Waals surface area contributed by atoms with Crippen LogP contribution in [0, 0.1) is 0 Å². The molecule has 0 fully saturated rings. The van der Waals surface area contributed by atoms with E-state index in [1.807, 2.05) is 24.3 Å². The highest BCUT2D eigenvalue weighted by Gasteiger charge is 2.16. The fraction of sp³-hybridized carbons (Fsp3) is 0.278. The SMILES string of the molecule is COc1ccccc1OCCN(C)C(=O)c1ccc(CSc2ncn[nH]2)o1. The maximum atomic E-state index is 12.5. The highest BCUT2D eigenvalue weighted by molar-refractivity contribution is 7.98. The van der Waals surface area contributed by atoms with Crippen molar-refractivity contribution in [2.45, 2.75) is 10.9 Å². The maximum absolute atomic E-state index is 12.5. The van der Waals surface area contributed by atoms with E-state index in [2.05, 4.69) is 15.2 Å². The van der Waals surface area contributed by atoms with Gasteiger partial charge in [-0.1, -0.05) is 23.9 Å². The van der Waals surface area contributed by atoms with Gasteiger partial charge in [0.15, 0.2) is 22.4 Å². The highest BCUT2D eigenvalue weighted by atomic mass is 32.2. The van der Waals surface area contributed by atoms with E-state index in [4.69, 9.17) is 13.9 Å². The summed E-state index contributed by atoms with van der Waals surface area (Å²) in [7, 11) is 3.30. The average molecular weight is 388 g/mol. The molecule has 0 spiro atoms. The maximum Gasteiger partial charge on any atom is 0.289 e. The second kappa shape index (κ2) is 9.13. The third-order valence-corrected chi connectivity index (χ3v) is 4.62. The molecule has 3 aromatic rings. The van der Waals surface area contributed by atoms with Gasteiger partial charge in [-0.3, -0.25) is 9.89 Å². The van der Waals surface area contributed by atoms with Gasteiger partial charge in [0.05, 0.1) is 19.4 Å². The Bertz CT molecular complexity index is 866. The van der Waals surface area contributed by atoms with Crippen molar-refractivity contribution in [3.63, 3.8) is 0 Å². The number of benzene rings is 1. The second-order valence-electron chi connectivity index (χ2n) is 5.57. The number of para-hydroxylation sites is 2. The number of carbonyl (C=O) groups excluding carboxylic acids is 1. The van der Waals surface area contributed by atoms with Crippen LogP contribution in [-0.2, 0) is 5.75 Å². The molecule has 0 unspecified atom stereocenters. The van der Waals surface area contributed by atoms with E-state index in [1.54, 1.807) is 31.2 Å². The van der Waals surface area contributed by atoms with Crippen molar-refractivity contribution in [3.05, 3.63) is 54.2 Å². The Morgan fingerprint density at radius 2 is 2.07 bits per heavy atom. The molecule has 2 aromatic heterocycles. The van der Waals surface area contributed by atoms with Crippen LogP contribution in [0.15, 0.2) is 52.3 Å². The summed E-state index contributed by atoms with van der Waals surface area (Å²) in [5.41, 5.74) is 0. The van der Waals surface area contributed by atoms with E-state index in [9.17, 15) is 4.79 Å². The lowest BCUT2D eigenvalue weighted by Crippen LogP contribution is -2.30. The number of amides is 1. The molecule has 0 aliphatic rings. The van der Waals surface area contributed by atoms with E-state index in [0.717, 1.165) is 0 Å². The summed E-state index contributed by atoms with van der Waals surface area (Å²) in [4.78, 5) is 18.1. The lowest BCUT2D eigenvalue weighted by atomic mass is 10.3. The molecule has 9 heteroatoms. The molecular weight excluding hydrogens is 368 g/mol. The minimum absolute atomic E-state index is 0.199. The molecule has 1 N–H and O–H groups in total. The summed E-state index contributed by atoms with van der Waals surface area (Å²) in [6.45, 7) is 0.761. The number of nitrogens with zero attached hydrogens (tertiary/aromatic N) is 3. The van der Waals surface area contributed by atoms with Gasteiger partial charge in [-0.05, 0) is 24.3 Å². The minimum atomic E-state index is -0.199. The second-order valence-corrected chi connectivity index (χ2v) is 6.54. The molecule has 0 aliphatic heterocycles. The zero-order valence-corrected chi connectivity index (χ0v) is 15.9. The topological polar surface area (TPSA) is 93.5 Å². The predicted molar refractivity (Wildman–Crippen MR) is 100 cm³/mol. The number of hydrogen-bond donors (Lipinski definition) is 1. The van der Waals surface area contributed by atoms with Crippen LogP contribution in [0.1, 0.15) is 16.3 Å². The molecular formula is C18H20N4O4S. The monoisotopic (exact) mass is 388 g/mol. The summed E-state index contributed by atoms with van der Waals surface area (Å²) >= 11 is 1.45. The van der Waals surface area contributed by atoms with E-state index in [0.29, 0.717) is 47.1 Å². The fourth-order valence-corrected chi connectivity index (χ4v) is 2.97. The van der Waals surface area contributed by atoms with E-state index < -0.39 is 0 Å². The van der Waals surface area contributed by atoms with Crippen molar-refractivity contribution in [1.82, 2.24) is 20.1 Å². The Morgan fingerprint density at radius 3 is 2.81 bits per heavy atom. The van der Waals surface area contributed by atoms with E-state index in [-0.39, 0.29) is 5.91 Å². The van der Waals surface area contributed by atoms with Gasteiger partial charge in [0.2, 0.25) is 0 Å². The van der Waals surface area contributed by atoms with Crippen molar-refractivity contribution in [1.29, 1.82) is 0 Å². The Balaban J connectivity index is 1.48.